The highest BCUT2D eigenvalue weighted by molar-refractivity contribution is 5.67. The highest BCUT2D eigenvalue weighted by Gasteiger charge is 2.37. The van der Waals surface area contributed by atoms with Crippen molar-refractivity contribution in [3.8, 4) is 0 Å². The van der Waals surface area contributed by atoms with Gasteiger partial charge in [0.15, 0.2) is 0 Å². The molecular weight excluding hydrogens is 188 g/mol. The largest absolute Gasteiger partial charge is 0.459 e. The van der Waals surface area contributed by atoms with Crippen LogP contribution < -0.4 is 0 Å². The van der Waals surface area contributed by atoms with Crippen molar-refractivity contribution in [3.63, 3.8) is 0 Å². The van der Waals surface area contributed by atoms with E-state index in [0.717, 1.165) is 0 Å². The number of hydrogen-bond acceptors (Lipinski definition) is 5. The van der Waals surface area contributed by atoms with Crippen molar-refractivity contribution in [1.82, 2.24) is 0 Å². The molecule has 1 aliphatic carbocycles. The molecule has 5 nitrogen and oxygen atoms in total. The summed E-state index contributed by atoms with van der Waals surface area (Å²) in [5.74, 6) is -0.859. The molecule has 3 atom stereocenters. The van der Waals surface area contributed by atoms with Crippen molar-refractivity contribution < 1.29 is 24.2 Å². The van der Waals surface area contributed by atoms with Crippen LogP contribution in [0.4, 0.5) is 0 Å². The van der Waals surface area contributed by atoms with Gasteiger partial charge in [0, 0.05) is 26.7 Å². The van der Waals surface area contributed by atoms with Gasteiger partial charge in [0.25, 0.3) is 0 Å². The number of carbonyl (C=O) groups is 2. The zero-order chi connectivity index (χ0) is 10.7. The summed E-state index contributed by atoms with van der Waals surface area (Å²) in [5.41, 5.74) is 0. The number of esters is 2. The zero-order valence-corrected chi connectivity index (χ0v) is 8.23. The minimum atomic E-state index is -0.566. The van der Waals surface area contributed by atoms with Crippen LogP contribution in [0.15, 0.2) is 0 Å². The van der Waals surface area contributed by atoms with Crippen LogP contribution in [0.2, 0.25) is 0 Å². The molecular formula is C9H14O5. The van der Waals surface area contributed by atoms with Gasteiger partial charge in [0.2, 0.25) is 0 Å². The first kappa shape index (κ1) is 11.0. The molecule has 14 heavy (non-hydrogen) atoms. The second kappa shape index (κ2) is 4.41. The summed E-state index contributed by atoms with van der Waals surface area (Å²) in [6.45, 7) is 2.57. The van der Waals surface area contributed by atoms with E-state index in [0.29, 0.717) is 12.8 Å². The fourth-order valence-corrected chi connectivity index (χ4v) is 1.61. The Morgan fingerprint density at radius 1 is 1.07 bits per heavy atom. The lowest BCUT2D eigenvalue weighted by Gasteiger charge is -2.18. The van der Waals surface area contributed by atoms with Gasteiger partial charge in [-0.2, -0.15) is 0 Å². The summed E-state index contributed by atoms with van der Waals surface area (Å²) in [7, 11) is 0. The third kappa shape index (κ3) is 2.99. The Morgan fingerprint density at radius 3 is 1.71 bits per heavy atom. The molecule has 0 aromatic heterocycles. The van der Waals surface area contributed by atoms with Gasteiger partial charge in [0.05, 0.1) is 6.10 Å². The van der Waals surface area contributed by atoms with Crippen LogP contribution in [-0.4, -0.2) is 35.4 Å². The standard InChI is InChI=1S/C9H14O5/c1-5(10)13-8-3-7(12)4-9(8)14-6(2)11/h7-9,12H,3-4H2,1-2H3/t7?,8-,9+. The summed E-state index contributed by atoms with van der Waals surface area (Å²) < 4.78 is 9.84. The van der Waals surface area contributed by atoms with Crippen LogP contribution in [0.1, 0.15) is 26.7 Å². The molecule has 0 aromatic rings. The van der Waals surface area contributed by atoms with E-state index in [9.17, 15) is 14.7 Å². The number of aliphatic hydroxyl groups excluding tert-OH is 1. The average Bonchev–Trinajstić information content (AvgIpc) is 2.28. The monoisotopic (exact) mass is 202 g/mol. The normalized spacial score (nSPS) is 31.2. The summed E-state index contributed by atoms with van der Waals surface area (Å²) in [6, 6.07) is 0. The van der Waals surface area contributed by atoms with Gasteiger partial charge < -0.3 is 14.6 Å². The lowest BCUT2D eigenvalue weighted by molar-refractivity contribution is -0.162. The van der Waals surface area contributed by atoms with E-state index in [4.69, 9.17) is 9.47 Å². The molecule has 0 radical (unpaired) electrons. The molecule has 5 heteroatoms. The van der Waals surface area contributed by atoms with Crippen LogP contribution in [0, 0.1) is 0 Å². The van der Waals surface area contributed by atoms with Crippen LogP contribution in [0.5, 0.6) is 0 Å². The molecule has 0 heterocycles. The number of rotatable bonds is 2. The van der Waals surface area contributed by atoms with Gasteiger partial charge in [-0.05, 0) is 0 Å². The summed E-state index contributed by atoms with van der Waals surface area (Å²) in [5, 5.41) is 9.31. The molecule has 0 amide bonds. The predicted molar refractivity (Wildman–Crippen MR) is 46.3 cm³/mol. The molecule has 0 aliphatic heterocycles. The molecule has 1 saturated carbocycles. The SMILES string of the molecule is CC(=O)O[C@H]1CC(O)C[C@H]1OC(C)=O. The third-order valence-electron chi connectivity index (χ3n) is 2.06. The van der Waals surface area contributed by atoms with Crippen molar-refractivity contribution >= 4 is 11.9 Å². The molecule has 0 aromatic carbocycles. The highest BCUT2D eigenvalue weighted by atomic mass is 16.6. The summed E-state index contributed by atoms with van der Waals surface area (Å²) in [4.78, 5) is 21.4. The maximum absolute atomic E-state index is 10.7. The second-order valence-electron chi connectivity index (χ2n) is 3.42. The molecule has 1 fully saturated rings. The fraction of sp³-hybridized carbons (Fsp3) is 0.778. The lowest BCUT2D eigenvalue weighted by atomic mass is 10.2. The first-order chi connectivity index (χ1) is 6.49. The van der Waals surface area contributed by atoms with Crippen molar-refractivity contribution in [1.29, 1.82) is 0 Å². The number of ether oxygens (including phenoxy) is 2. The van der Waals surface area contributed by atoms with Crippen LogP contribution in [0.3, 0.4) is 0 Å². The molecule has 0 bridgehead atoms. The molecule has 1 rings (SSSR count). The first-order valence-electron chi connectivity index (χ1n) is 4.51. The van der Waals surface area contributed by atoms with E-state index >= 15 is 0 Å². The third-order valence-corrected chi connectivity index (χ3v) is 2.06. The Hall–Kier alpha value is -1.10. The van der Waals surface area contributed by atoms with Crippen molar-refractivity contribution in [3.05, 3.63) is 0 Å². The van der Waals surface area contributed by atoms with Gasteiger partial charge in [-0.15, -0.1) is 0 Å². The Kier molecular flexibility index (Phi) is 3.46. The van der Waals surface area contributed by atoms with Gasteiger partial charge in [-0.3, -0.25) is 9.59 Å². The van der Waals surface area contributed by atoms with Gasteiger partial charge in [-0.25, -0.2) is 0 Å². The zero-order valence-electron chi connectivity index (χ0n) is 8.23. The fourth-order valence-electron chi connectivity index (χ4n) is 1.61. The lowest BCUT2D eigenvalue weighted by Crippen LogP contribution is -2.29. The smallest absolute Gasteiger partial charge is 0.303 e. The Bertz CT molecular complexity index is 213. The number of aliphatic hydroxyl groups is 1. The van der Waals surface area contributed by atoms with E-state index in [-0.39, 0.29) is 0 Å². The Labute approximate surface area is 82.0 Å². The number of hydrogen-bond donors (Lipinski definition) is 1. The van der Waals surface area contributed by atoms with Crippen molar-refractivity contribution in [2.45, 2.75) is 45.0 Å². The molecule has 0 saturated heterocycles. The van der Waals surface area contributed by atoms with Crippen LogP contribution >= 0.6 is 0 Å². The average molecular weight is 202 g/mol. The van der Waals surface area contributed by atoms with Crippen LogP contribution in [-0.2, 0) is 19.1 Å². The highest BCUT2D eigenvalue weighted by Crippen LogP contribution is 2.25. The molecule has 1 N–H and O–H groups in total. The van der Waals surface area contributed by atoms with E-state index in [1.807, 2.05) is 0 Å². The second-order valence-corrected chi connectivity index (χ2v) is 3.42. The molecule has 1 unspecified atom stereocenters. The van der Waals surface area contributed by atoms with Gasteiger partial charge >= 0.3 is 11.9 Å². The van der Waals surface area contributed by atoms with E-state index in [1.54, 1.807) is 0 Å². The minimum Gasteiger partial charge on any atom is -0.459 e. The van der Waals surface area contributed by atoms with E-state index in [2.05, 4.69) is 0 Å². The molecule has 0 spiro atoms. The first-order valence-corrected chi connectivity index (χ1v) is 4.51. The summed E-state index contributed by atoms with van der Waals surface area (Å²) >= 11 is 0. The number of carbonyl (C=O) groups excluding carboxylic acids is 2. The molecule has 1 aliphatic rings. The van der Waals surface area contributed by atoms with Gasteiger partial charge in [0.1, 0.15) is 12.2 Å². The van der Waals surface area contributed by atoms with E-state index in [1.165, 1.54) is 13.8 Å². The minimum absolute atomic E-state index is 0.331. The molecule has 80 valence electrons. The van der Waals surface area contributed by atoms with Crippen molar-refractivity contribution in [2.24, 2.45) is 0 Å². The van der Waals surface area contributed by atoms with Gasteiger partial charge in [-0.1, -0.05) is 0 Å². The van der Waals surface area contributed by atoms with E-state index < -0.39 is 30.3 Å². The quantitative estimate of drug-likeness (QED) is 0.638. The maximum atomic E-state index is 10.7. The Balaban J connectivity index is 2.53. The topological polar surface area (TPSA) is 72.8 Å². The Morgan fingerprint density at radius 2 is 1.43 bits per heavy atom. The maximum Gasteiger partial charge on any atom is 0.303 e. The predicted octanol–water partition coefficient (Wildman–Crippen LogP) is 0.00450. The van der Waals surface area contributed by atoms with Crippen molar-refractivity contribution in [2.75, 3.05) is 0 Å². The summed E-state index contributed by atoms with van der Waals surface area (Å²) in [6.07, 6.45) is -0.920. The van der Waals surface area contributed by atoms with Crippen LogP contribution in [0.25, 0.3) is 0 Å².